The van der Waals surface area contributed by atoms with Crippen molar-refractivity contribution in [3.63, 3.8) is 0 Å². The average Bonchev–Trinajstić information content (AvgIpc) is 3.34. The fraction of sp³-hybridized carbons (Fsp3) is 0.389. The molecule has 1 aromatic heterocycles. The summed E-state index contributed by atoms with van der Waals surface area (Å²) in [5, 5.41) is 4.75. The lowest BCUT2D eigenvalue weighted by Gasteiger charge is -2.20. The minimum Gasteiger partial charge on any atom is -0.395 e. The fourth-order valence-electron chi connectivity index (χ4n) is 2.94. The molecule has 0 radical (unpaired) electrons. The third kappa shape index (κ3) is 3.73. The molecule has 0 saturated heterocycles. The molecule has 0 amide bonds. The quantitative estimate of drug-likeness (QED) is 0.710. The van der Waals surface area contributed by atoms with Crippen LogP contribution in [-0.4, -0.2) is 11.0 Å². The molecule has 3 rings (SSSR count). The van der Waals surface area contributed by atoms with Crippen molar-refractivity contribution in [1.29, 1.82) is 0 Å². The molecule has 1 fully saturated rings. The first kappa shape index (κ1) is 16.4. The number of nitrogens with one attached hydrogen (secondary N) is 1. The lowest BCUT2D eigenvalue weighted by atomic mass is 10.0. The van der Waals surface area contributed by atoms with E-state index < -0.39 is 0 Å². The summed E-state index contributed by atoms with van der Waals surface area (Å²) in [6.07, 6.45) is 6.64. The Hall–Kier alpha value is -1.45. The summed E-state index contributed by atoms with van der Waals surface area (Å²) >= 11 is 12.3. The first-order chi connectivity index (χ1) is 11.1. The first-order valence-electron chi connectivity index (χ1n) is 8.06. The Kier molecular flexibility index (Phi) is 4.98. The normalized spacial score (nSPS) is 15.4. The maximum Gasteiger partial charge on any atom is 0.150 e. The summed E-state index contributed by atoms with van der Waals surface area (Å²) in [5.74, 6) is 1.50. The molecule has 1 saturated carbocycles. The van der Waals surface area contributed by atoms with Crippen LogP contribution < -0.4 is 11.1 Å². The Morgan fingerprint density at radius 1 is 1.26 bits per heavy atom. The number of nitrogens with zero attached hydrogens (tertiary/aromatic N) is 1. The second-order valence-electron chi connectivity index (χ2n) is 6.12. The molecule has 3 N–H and O–H groups in total. The number of anilines is 2. The first-order valence-corrected chi connectivity index (χ1v) is 8.82. The molecular weight excluding hydrogens is 329 g/mol. The molecule has 2 aromatic rings. The van der Waals surface area contributed by atoms with Crippen LogP contribution in [0.3, 0.4) is 0 Å². The van der Waals surface area contributed by atoms with E-state index >= 15 is 0 Å². The van der Waals surface area contributed by atoms with Crippen molar-refractivity contribution < 1.29 is 0 Å². The molecule has 1 atom stereocenters. The summed E-state index contributed by atoms with van der Waals surface area (Å²) in [7, 11) is 0. The number of rotatable bonds is 6. The molecule has 122 valence electrons. The van der Waals surface area contributed by atoms with Gasteiger partial charge in [0.25, 0.3) is 0 Å². The highest BCUT2D eigenvalue weighted by Gasteiger charge is 2.31. The SMILES string of the molecule is CCCC(Nc1nccc(-c2ccc(Cl)cc2Cl)c1N)C1CC1. The number of halogens is 2. The van der Waals surface area contributed by atoms with Crippen molar-refractivity contribution in [2.75, 3.05) is 11.1 Å². The number of nitrogen functional groups attached to an aromatic ring is 1. The Labute approximate surface area is 147 Å². The Bertz CT molecular complexity index is 699. The summed E-state index contributed by atoms with van der Waals surface area (Å²) in [5.41, 5.74) is 8.77. The van der Waals surface area contributed by atoms with Gasteiger partial charge in [0.1, 0.15) is 5.82 Å². The maximum atomic E-state index is 6.37. The number of nitrogens with two attached hydrogens (primary N) is 1. The highest BCUT2D eigenvalue weighted by Crippen LogP contribution is 2.39. The van der Waals surface area contributed by atoms with E-state index in [1.807, 2.05) is 18.2 Å². The van der Waals surface area contributed by atoms with Gasteiger partial charge in [-0.15, -0.1) is 0 Å². The lowest BCUT2D eigenvalue weighted by molar-refractivity contribution is 0.576. The van der Waals surface area contributed by atoms with E-state index in [2.05, 4.69) is 17.2 Å². The molecule has 23 heavy (non-hydrogen) atoms. The van der Waals surface area contributed by atoms with Crippen LogP contribution in [-0.2, 0) is 0 Å². The minimum atomic E-state index is 0.450. The van der Waals surface area contributed by atoms with E-state index in [1.165, 1.54) is 12.8 Å². The van der Waals surface area contributed by atoms with Crippen molar-refractivity contribution in [3.8, 4) is 11.1 Å². The molecule has 1 unspecified atom stereocenters. The number of hydrogen-bond donors (Lipinski definition) is 2. The minimum absolute atomic E-state index is 0.450. The Morgan fingerprint density at radius 3 is 2.70 bits per heavy atom. The van der Waals surface area contributed by atoms with Crippen molar-refractivity contribution in [2.45, 2.75) is 38.6 Å². The average molecular weight is 350 g/mol. The van der Waals surface area contributed by atoms with Gasteiger partial charge in [0.15, 0.2) is 0 Å². The van der Waals surface area contributed by atoms with E-state index in [4.69, 9.17) is 28.9 Å². The van der Waals surface area contributed by atoms with Crippen LogP contribution >= 0.6 is 23.2 Å². The van der Waals surface area contributed by atoms with Crippen LogP contribution in [0.25, 0.3) is 11.1 Å². The second-order valence-corrected chi connectivity index (χ2v) is 6.97. The zero-order valence-corrected chi connectivity index (χ0v) is 14.7. The standard InChI is InChI=1S/C18H21Cl2N3/c1-2-3-16(11-4-5-11)23-18-17(21)14(8-9-22-18)13-7-6-12(19)10-15(13)20/h6-11,16H,2-5,21H2,1H3,(H,22,23). The smallest absolute Gasteiger partial charge is 0.150 e. The molecule has 1 aliphatic carbocycles. The van der Waals surface area contributed by atoms with Crippen LogP contribution in [0.2, 0.25) is 10.0 Å². The van der Waals surface area contributed by atoms with Gasteiger partial charge >= 0.3 is 0 Å². The number of aromatic nitrogens is 1. The predicted octanol–water partition coefficient (Wildman–Crippen LogP) is 5.63. The second kappa shape index (κ2) is 6.98. The monoisotopic (exact) mass is 349 g/mol. The molecule has 3 nitrogen and oxygen atoms in total. The van der Waals surface area contributed by atoms with Crippen molar-refractivity contribution in [1.82, 2.24) is 4.98 Å². The molecule has 5 heteroatoms. The van der Waals surface area contributed by atoms with E-state index in [1.54, 1.807) is 12.3 Å². The third-order valence-corrected chi connectivity index (χ3v) is 4.87. The van der Waals surface area contributed by atoms with Gasteiger partial charge in [-0.3, -0.25) is 0 Å². The van der Waals surface area contributed by atoms with Gasteiger partial charge in [-0.2, -0.15) is 0 Å². The van der Waals surface area contributed by atoms with Gasteiger partial charge in [-0.25, -0.2) is 4.98 Å². The number of pyridine rings is 1. The van der Waals surface area contributed by atoms with Crippen LogP contribution in [0.5, 0.6) is 0 Å². The van der Waals surface area contributed by atoms with Gasteiger partial charge in [0.2, 0.25) is 0 Å². The third-order valence-electron chi connectivity index (χ3n) is 4.32. The molecule has 1 aromatic carbocycles. The van der Waals surface area contributed by atoms with E-state index in [-0.39, 0.29) is 0 Å². The Morgan fingerprint density at radius 2 is 2.04 bits per heavy atom. The van der Waals surface area contributed by atoms with E-state index in [9.17, 15) is 0 Å². The molecule has 1 heterocycles. The molecular formula is C18H21Cl2N3. The maximum absolute atomic E-state index is 6.37. The highest BCUT2D eigenvalue weighted by atomic mass is 35.5. The van der Waals surface area contributed by atoms with E-state index in [0.717, 1.165) is 35.7 Å². The van der Waals surface area contributed by atoms with Crippen LogP contribution in [0.1, 0.15) is 32.6 Å². The topological polar surface area (TPSA) is 50.9 Å². The van der Waals surface area contributed by atoms with Crippen molar-refractivity contribution in [2.24, 2.45) is 5.92 Å². The number of hydrogen-bond acceptors (Lipinski definition) is 3. The van der Waals surface area contributed by atoms with Crippen LogP contribution in [0, 0.1) is 5.92 Å². The van der Waals surface area contributed by atoms with Gasteiger partial charge < -0.3 is 11.1 Å². The zero-order chi connectivity index (χ0) is 16.4. The summed E-state index contributed by atoms with van der Waals surface area (Å²) in [6.45, 7) is 2.21. The van der Waals surface area contributed by atoms with Gasteiger partial charge in [0.05, 0.1) is 5.69 Å². The molecule has 0 spiro atoms. The van der Waals surface area contributed by atoms with Gasteiger partial charge in [-0.05, 0) is 43.4 Å². The Balaban J connectivity index is 1.91. The van der Waals surface area contributed by atoms with E-state index in [0.29, 0.717) is 21.8 Å². The lowest BCUT2D eigenvalue weighted by Crippen LogP contribution is -2.23. The predicted molar refractivity (Wildman–Crippen MR) is 99.1 cm³/mol. The summed E-state index contributed by atoms with van der Waals surface area (Å²) in [4.78, 5) is 4.44. The molecule has 0 bridgehead atoms. The van der Waals surface area contributed by atoms with Crippen molar-refractivity contribution >= 4 is 34.7 Å². The summed E-state index contributed by atoms with van der Waals surface area (Å²) < 4.78 is 0. The molecule has 0 aliphatic heterocycles. The summed E-state index contributed by atoms with van der Waals surface area (Å²) in [6, 6.07) is 7.78. The largest absolute Gasteiger partial charge is 0.395 e. The van der Waals surface area contributed by atoms with Gasteiger partial charge in [-0.1, -0.05) is 42.6 Å². The zero-order valence-electron chi connectivity index (χ0n) is 13.2. The number of benzene rings is 1. The van der Waals surface area contributed by atoms with Gasteiger partial charge in [0, 0.05) is 33.4 Å². The fourth-order valence-corrected chi connectivity index (χ4v) is 3.45. The highest BCUT2D eigenvalue weighted by molar-refractivity contribution is 6.36. The van der Waals surface area contributed by atoms with Crippen molar-refractivity contribution in [3.05, 3.63) is 40.5 Å². The molecule has 1 aliphatic rings. The van der Waals surface area contributed by atoms with Crippen LogP contribution in [0.15, 0.2) is 30.5 Å². The van der Waals surface area contributed by atoms with Crippen LogP contribution in [0.4, 0.5) is 11.5 Å².